The highest BCUT2D eigenvalue weighted by Gasteiger charge is 2.35. The molecule has 2 heterocycles. The molecular weight excluding hydrogens is 487 g/mol. The van der Waals surface area contributed by atoms with Crippen LogP contribution in [0.3, 0.4) is 0 Å². The van der Waals surface area contributed by atoms with Crippen LogP contribution in [-0.2, 0) is 12.7 Å². The molecule has 5 rings (SSSR count). The van der Waals surface area contributed by atoms with E-state index in [2.05, 4.69) is 15.3 Å². The van der Waals surface area contributed by atoms with Crippen molar-refractivity contribution in [3.05, 3.63) is 111 Å². The summed E-state index contributed by atoms with van der Waals surface area (Å²) in [7, 11) is 0. The fourth-order valence-corrected chi connectivity index (χ4v) is 4.48. The van der Waals surface area contributed by atoms with Gasteiger partial charge in [-0.1, -0.05) is 48.5 Å². The normalized spacial score (nSPS) is 11.5. The van der Waals surface area contributed by atoms with E-state index in [0.29, 0.717) is 34.5 Å². The molecule has 0 aliphatic rings. The number of nitrogens with zero attached hydrogens (tertiary/aromatic N) is 1. The second-order valence-corrected chi connectivity index (χ2v) is 9.06. The van der Waals surface area contributed by atoms with Crippen LogP contribution < -0.4 is 5.32 Å². The highest BCUT2D eigenvalue weighted by molar-refractivity contribution is 7.09. The SMILES string of the molecule is O=C(NCc1cccs1)c1ccc2nc(-c3ccc(C(=O)c4ccccc4C(F)(F)F)cc3)[nH]c2c1. The predicted octanol–water partition coefficient (Wildman–Crippen LogP) is 6.47. The molecule has 3 aromatic carbocycles. The molecule has 0 aliphatic carbocycles. The molecule has 0 radical (unpaired) electrons. The van der Waals surface area contributed by atoms with Gasteiger partial charge in [-0.2, -0.15) is 13.2 Å². The van der Waals surface area contributed by atoms with E-state index >= 15 is 0 Å². The number of imidazole rings is 1. The zero-order valence-corrected chi connectivity index (χ0v) is 19.4. The van der Waals surface area contributed by atoms with Crippen molar-refractivity contribution < 1.29 is 22.8 Å². The quantitative estimate of drug-likeness (QED) is 0.260. The standard InChI is InChI=1S/C27H18F3N3O2S/c28-27(29,30)21-6-2-1-5-20(21)24(34)16-7-9-17(10-8-16)25-32-22-12-11-18(14-23(22)33-25)26(35)31-15-19-4-3-13-36-19/h1-14H,15H2,(H,31,35)(H,32,33). The number of aromatic amines is 1. The predicted molar refractivity (Wildman–Crippen MR) is 132 cm³/mol. The van der Waals surface area contributed by atoms with E-state index in [1.807, 2.05) is 17.5 Å². The Morgan fingerprint density at radius 2 is 1.67 bits per heavy atom. The lowest BCUT2D eigenvalue weighted by Crippen LogP contribution is -2.22. The second kappa shape index (κ2) is 9.43. The Morgan fingerprint density at radius 1 is 0.917 bits per heavy atom. The fourth-order valence-electron chi connectivity index (χ4n) is 3.83. The molecule has 2 aromatic heterocycles. The summed E-state index contributed by atoms with van der Waals surface area (Å²) in [6.07, 6.45) is -4.62. The Hall–Kier alpha value is -4.24. The number of H-pyrrole nitrogens is 1. The van der Waals surface area contributed by atoms with Crippen LogP contribution in [0, 0.1) is 0 Å². The third-order valence-corrected chi connectivity index (χ3v) is 6.52. The van der Waals surface area contributed by atoms with E-state index < -0.39 is 23.1 Å². The maximum Gasteiger partial charge on any atom is 0.417 e. The van der Waals surface area contributed by atoms with Gasteiger partial charge in [0.15, 0.2) is 5.78 Å². The number of carbonyl (C=O) groups is 2. The Morgan fingerprint density at radius 3 is 2.39 bits per heavy atom. The van der Waals surface area contributed by atoms with Gasteiger partial charge >= 0.3 is 6.18 Å². The number of rotatable bonds is 6. The van der Waals surface area contributed by atoms with Gasteiger partial charge in [-0.05, 0) is 35.7 Å². The Balaban J connectivity index is 1.36. The van der Waals surface area contributed by atoms with Gasteiger partial charge in [-0.25, -0.2) is 4.98 Å². The van der Waals surface area contributed by atoms with E-state index in [1.165, 1.54) is 30.3 Å². The topological polar surface area (TPSA) is 74.8 Å². The monoisotopic (exact) mass is 505 g/mol. The van der Waals surface area contributed by atoms with Crippen LogP contribution in [0.25, 0.3) is 22.4 Å². The molecule has 0 fully saturated rings. The molecule has 0 spiro atoms. The van der Waals surface area contributed by atoms with Crippen LogP contribution >= 0.6 is 11.3 Å². The van der Waals surface area contributed by atoms with E-state index in [9.17, 15) is 22.8 Å². The zero-order valence-electron chi connectivity index (χ0n) is 18.6. The number of thiophene rings is 1. The summed E-state index contributed by atoms with van der Waals surface area (Å²) in [6.45, 7) is 0.446. The first-order valence-corrected chi connectivity index (χ1v) is 11.8. The number of aromatic nitrogens is 2. The number of hydrogen-bond donors (Lipinski definition) is 2. The largest absolute Gasteiger partial charge is 0.417 e. The minimum absolute atomic E-state index is 0.135. The van der Waals surface area contributed by atoms with Gasteiger partial charge in [-0.15, -0.1) is 11.3 Å². The number of alkyl halides is 3. The third-order valence-electron chi connectivity index (χ3n) is 5.64. The van der Waals surface area contributed by atoms with Crippen LogP contribution in [0.15, 0.2) is 84.2 Å². The van der Waals surface area contributed by atoms with Gasteiger partial charge in [-0.3, -0.25) is 9.59 Å². The van der Waals surface area contributed by atoms with Crippen LogP contribution in [0.5, 0.6) is 0 Å². The molecule has 0 unspecified atom stereocenters. The Kier molecular flexibility index (Phi) is 6.15. The number of hydrogen-bond acceptors (Lipinski definition) is 4. The van der Waals surface area contributed by atoms with Gasteiger partial charge in [0.1, 0.15) is 5.82 Å². The molecule has 0 bridgehead atoms. The van der Waals surface area contributed by atoms with Crippen LogP contribution in [-0.4, -0.2) is 21.7 Å². The van der Waals surface area contributed by atoms with Gasteiger partial charge in [0.2, 0.25) is 0 Å². The van der Waals surface area contributed by atoms with Crippen molar-refractivity contribution in [1.29, 1.82) is 0 Å². The minimum Gasteiger partial charge on any atom is -0.347 e. The average molecular weight is 506 g/mol. The molecule has 2 N–H and O–H groups in total. The minimum atomic E-state index is -4.62. The molecule has 0 saturated heterocycles. The molecule has 0 atom stereocenters. The molecule has 180 valence electrons. The third kappa shape index (κ3) is 4.78. The molecule has 9 heteroatoms. The number of nitrogens with one attached hydrogen (secondary N) is 2. The van der Waals surface area contributed by atoms with Crippen LogP contribution in [0.2, 0.25) is 0 Å². The first-order chi connectivity index (χ1) is 17.3. The second-order valence-electron chi connectivity index (χ2n) is 8.03. The summed E-state index contributed by atoms with van der Waals surface area (Å²) in [6, 6.07) is 19.9. The number of ketones is 1. The number of carbonyl (C=O) groups excluding carboxylic acids is 2. The van der Waals surface area contributed by atoms with E-state index in [4.69, 9.17) is 0 Å². The maximum absolute atomic E-state index is 13.3. The summed E-state index contributed by atoms with van der Waals surface area (Å²) < 4.78 is 39.9. The van der Waals surface area contributed by atoms with Crippen molar-refractivity contribution in [3.63, 3.8) is 0 Å². The number of amides is 1. The Labute approximate surface area is 207 Å². The van der Waals surface area contributed by atoms with E-state index in [1.54, 1.807) is 41.7 Å². The summed E-state index contributed by atoms with van der Waals surface area (Å²) in [5, 5.41) is 4.83. The first kappa shape index (κ1) is 23.5. The number of halogens is 3. The lowest BCUT2D eigenvalue weighted by atomic mass is 9.97. The molecule has 36 heavy (non-hydrogen) atoms. The lowest BCUT2D eigenvalue weighted by molar-refractivity contribution is -0.137. The van der Waals surface area contributed by atoms with Crippen molar-refractivity contribution in [2.75, 3.05) is 0 Å². The first-order valence-electron chi connectivity index (χ1n) is 10.9. The summed E-state index contributed by atoms with van der Waals surface area (Å²) in [5.74, 6) is -0.406. The van der Waals surface area contributed by atoms with Gasteiger partial charge in [0, 0.05) is 27.1 Å². The van der Waals surface area contributed by atoms with Crippen molar-refractivity contribution in [3.8, 4) is 11.4 Å². The van der Waals surface area contributed by atoms with E-state index in [0.717, 1.165) is 10.9 Å². The van der Waals surface area contributed by atoms with Gasteiger partial charge < -0.3 is 10.3 Å². The molecule has 1 amide bonds. The van der Waals surface area contributed by atoms with Crippen molar-refractivity contribution >= 4 is 34.1 Å². The molecule has 0 aliphatic heterocycles. The fraction of sp³-hybridized carbons (Fsp3) is 0.0741. The smallest absolute Gasteiger partial charge is 0.347 e. The average Bonchev–Trinajstić information content (AvgIpc) is 3.56. The van der Waals surface area contributed by atoms with Crippen LogP contribution in [0.4, 0.5) is 13.2 Å². The van der Waals surface area contributed by atoms with Crippen molar-refractivity contribution in [2.24, 2.45) is 0 Å². The highest BCUT2D eigenvalue weighted by Crippen LogP contribution is 2.33. The lowest BCUT2D eigenvalue weighted by Gasteiger charge is -2.11. The van der Waals surface area contributed by atoms with Crippen molar-refractivity contribution in [2.45, 2.75) is 12.7 Å². The van der Waals surface area contributed by atoms with Gasteiger partial charge in [0.05, 0.1) is 23.1 Å². The summed E-state index contributed by atoms with van der Waals surface area (Å²) >= 11 is 1.56. The summed E-state index contributed by atoms with van der Waals surface area (Å²) in [5.41, 5.74) is 1.22. The maximum atomic E-state index is 13.3. The number of benzene rings is 3. The van der Waals surface area contributed by atoms with Gasteiger partial charge in [0.25, 0.3) is 5.91 Å². The highest BCUT2D eigenvalue weighted by atomic mass is 32.1. The number of fused-ring (bicyclic) bond motifs is 1. The summed E-state index contributed by atoms with van der Waals surface area (Å²) in [4.78, 5) is 34.0. The molecule has 0 saturated carbocycles. The Bertz CT molecular complexity index is 1560. The molecule has 5 nitrogen and oxygen atoms in total. The van der Waals surface area contributed by atoms with Crippen molar-refractivity contribution in [1.82, 2.24) is 15.3 Å². The molecule has 5 aromatic rings. The van der Waals surface area contributed by atoms with Crippen LogP contribution in [0.1, 0.15) is 36.7 Å². The zero-order chi connectivity index (χ0) is 25.3. The molecular formula is C27H18F3N3O2S. The van der Waals surface area contributed by atoms with E-state index in [-0.39, 0.29) is 11.5 Å².